The van der Waals surface area contributed by atoms with Crippen molar-refractivity contribution < 1.29 is 33.4 Å². The number of ether oxygens (including phenoxy) is 3. The summed E-state index contributed by atoms with van der Waals surface area (Å²) in [7, 11) is 7.20. The molecule has 2 amide bonds. The number of fused-ring (bicyclic) bond motifs is 2. The molecule has 2 atom stereocenters. The van der Waals surface area contributed by atoms with Crippen molar-refractivity contribution in [1.82, 2.24) is 24.3 Å². The first-order valence-electron chi connectivity index (χ1n) is 19.8. The number of aryl methyl sites for hydroxylation is 1. The second-order valence-corrected chi connectivity index (χ2v) is 16.3. The lowest BCUT2D eigenvalue weighted by molar-refractivity contribution is -0.132. The lowest BCUT2D eigenvalue weighted by Crippen LogP contribution is -2.55. The van der Waals surface area contributed by atoms with Crippen LogP contribution in [0.2, 0.25) is 0 Å². The molecule has 13 nitrogen and oxygen atoms in total. The fourth-order valence-electron chi connectivity index (χ4n) is 9.43. The van der Waals surface area contributed by atoms with Crippen LogP contribution in [0.3, 0.4) is 0 Å². The third-order valence-electron chi connectivity index (χ3n) is 12.3. The molecule has 4 aliphatic rings. The van der Waals surface area contributed by atoms with Crippen LogP contribution in [0.25, 0.3) is 21.9 Å². The Balaban J connectivity index is 0.806. The number of aromatic nitrogens is 2. The number of methoxy groups -OCH3 is 2. The molecule has 8 rings (SSSR count). The first-order valence-corrected chi connectivity index (χ1v) is 19.8. The Morgan fingerprint density at radius 2 is 1.65 bits per heavy atom. The highest BCUT2D eigenvalue weighted by Crippen LogP contribution is 2.47. The Bertz CT molecular complexity index is 2310. The summed E-state index contributed by atoms with van der Waals surface area (Å²) in [6.07, 6.45) is 10.5. The number of imide groups is 1. The molecular formula is C44H49N5O8. The first-order chi connectivity index (χ1) is 27.5. The van der Waals surface area contributed by atoms with E-state index in [1.165, 1.54) is 0 Å². The van der Waals surface area contributed by atoms with E-state index in [1.807, 2.05) is 24.4 Å². The average Bonchev–Trinajstić information content (AvgIpc) is 3.72. The van der Waals surface area contributed by atoms with Crippen LogP contribution >= 0.6 is 0 Å². The minimum absolute atomic E-state index is 0.0363. The maximum absolute atomic E-state index is 13.3. The number of hydrogen-bond acceptors (Lipinski definition) is 11. The van der Waals surface area contributed by atoms with Crippen molar-refractivity contribution in [3.63, 3.8) is 0 Å². The summed E-state index contributed by atoms with van der Waals surface area (Å²) in [6, 6.07) is 10.0. The minimum Gasteiger partial charge on any atom is -0.496 e. The molecule has 57 heavy (non-hydrogen) atoms. The van der Waals surface area contributed by atoms with Crippen LogP contribution in [0.1, 0.15) is 77.6 Å². The van der Waals surface area contributed by atoms with E-state index in [9.17, 15) is 24.0 Å². The third kappa shape index (κ3) is 7.34. The van der Waals surface area contributed by atoms with E-state index in [-0.39, 0.29) is 59.0 Å². The Kier molecular flexibility index (Phi) is 10.5. The van der Waals surface area contributed by atoms with Crippen molar-refractivity contribution in [2.45, 2.75) is 70.1 Å². The molecule has 13 heteroatoms. The smallest absolute Gasteiger partial charge is 0.262 e. The number of Topliss-reactive ketones (excluding diaryl/α,β-unsaturated/α-hetero) is 2. The highest BCUT2D eigenvalue weighted by Gasteiger charge is 2.49. The molecule has 2 aromatic carbocycles. The number of amides is 2. The molecule has 2 aromatic heterocycles. The molecule has 2 unspecified atom stereocenters. The van der Waals surface area contributed by atoms with Gasteiger partial charge in [-0.25, -0.2) is 0 Å². The van der Waals surface area contributed by atoms with Crippen molar-refractivity contribution in [2.24, 2.45) is 12.5 Å². The lowest BCUT2D eigenvalue weighted by Gasteiger charge is -2.48. The van der Waals surface area contributed by atoms with Gasteiger partial charge in [-0.05, 0) is 111 Å². The monoisotopic (exact) mass is 775 g/mol. The lowest BCUT2D eigenvalue weighted by atomic mass is 9.78. The van der Waals surface area contributed by atoms with Gasteiger partial charge in [0, 0.05) is 57.3 Å². The maximum atomic E-state index is 13.3. The van der Waals surface area contributed by atoms with E-state index >= 15 is 0 Å². The predicted octanol–water partition coefficient (Wildman–Crippen LogP) is 5.05. The summed E-state index contributed by atoms with van der Waals surface area (Å²) in [6.45, 7) is 4.73. The number of rotatable bonds is 13. The van der Waals surface area contributed by atoms with Crippen molar-refractivity contribution in [1.29, 1.82) is 0 Å². The van der Waals surface area contributed by atoms with Gasteiger partial charge in [-0.15, -0.1) is 0 Å². The standard InChI is InChI=1S/C44H49N5O8/c1-46(23-36-39(55-3)17-27(18-40(36)56-4)35-24-47(2)41(52)34-22-45-14-12-31(34)35)15-5-6-16-48-25-44(26-48)13-11-30(21-44)57-29-8-9-32-33(20-29)43(54)49(42(32)53)37-10-7-28(50)19-38(37)51/h8-9,12,14,17-18,20,22,24,30,37H,5-7,10-11,13,15-16,19,21,23,25-26H2,1-4H3. The number of carbonyl (C=O) groups excluding carboxylic acids is 4. The zero-order chi connectivity index (χ0) is 40.0. The summed E-state index contributed by atoms with van der Waals surface area (Å²) < 4.78 is 19.7. The number of ketones is 2. The molecule has 0 radical (unpaired) electrons. The Morgan fingerprint density at radius 1 is 0.895 bits per heavy atom. The van der Waals surface area contributed by atoms with Gasteiger partial charge in [0.05, 0.1) is 54.9 Å². The SMILES string of the molecule is COc1cc(-c2cn(C)c(=O)c3cnccc23)cc(OC)c1CN(C)CCCCN1CC2(CCC(Oc3ccc4c(c3)C(=O)N(C3CCC(=O)CC3=O)C4=O)C2)C1. The first kappa shape index (κ1) is 38.5. The van der Waals surface area contributed by atoms with E-state index < -0.39 is 17.9 Å². The third-order valence-corrected chi connectivity index (χ3v) is 12.3. The summed E-state index contributed by atoms with van der Waals surface area (Å²) >= 11 is 0. The molecule has 2 aliphatic carbocycles. The van der Waals surface area contributed by atoms with Crippen molar-refractivity contribution in [3.05, 3.63) is 82.0 Å². The molecule has 4 heterocycles. The average molecular weight is 776 g/mol. The van der Waals surface area contributed by atoms with Crippen molar-refractivity contribution >= 4 is 34.2 Å². The van der Waals surface area contributed by atoms with E-state index in [1.54, 1.807) is 56.4 Å². The van der Waals surface area contributed by atoms with E-state index in [4.69, 9.17) is 14.2 Å². The largest absolute Gasteiger partial charge is 0.496 e. The molecule has 3 fully saturated rings. The van der Waals surface area contributed by atoms with Crippen LogP contribution in [0.5, 0.6) is 17.2 Å². The second kappa shape index (κ2) is 15.5. The number of nitrogens with zero attached hydrogens (tertiary/aromatic N) is 5. The molecule has 2 aliphatic heterocycles. The topological polar surface area (TPSA) is 141 Å². The number of benzene rings is 2. The predicted molar refractivity (Wildman–Crippen MR) is 213 cm³/mol. The van der Waals surface area contributed by atoms with Crippen LogP contribution in [-0.2, 0) is 23.2 Å². The molecule has 2 saturated carbocycles. The van der Waals surface area contributed by atoms with E-state index in [0.29, 0.717) is 17.7 Å². The Labute approximate surface area is 331 Å². The van der Waals surface area contributed by atoms with Gasteiger partial charge < -0.3 is 28.6 Å². The number of unbranched alkanes of at least 4 members (excludes halogenated alkanes) is 1. The highest BCUT2D eigenvalue weighted by molar-refractivity contribution is 6.23. The van der Waals surface area contributed by atoms with Crippen LogP contribution in [-0.4, -0.2) is 107 Å². The highest BCUT2D eigenvalue weighted by atomic mass is 16.5. The van der Waals surface area contributed by atoms with Crippen LogP contribution in [0.4, 0.5) is 0 Å². The summed E-state index contributed by atoms with van der Waals surface area (Å²) in [5.41, 5.74) is 3.46. The molecule has 1 spiro atoms. The number of pyridine rings is 2. The molecule has 1 saturated heterocycles. The van der Waals surface area contributed by atoms with E-state index in [0.717, 1.165) is 96.8 Å². The van der Waals surface area contributed by atoms with Crippen molar-refractivity contribution in [2.75, 3.05) is 47.4 Å². The molecule has 298 valence electrons. The Morgan fingerprint density at radius 3 is 2.39 bits per heavy atom. The van der Waals surface area contributed by atoms with Crippen LogP contribution in [0.15, 0.2) is 59.8 Å². The van der Waals surface area contributed by atoms with Crippen molar-refractivity contribution in [3.8, 4) is 28.4 Å². The zero-order valence-electron chi connectivity index (χ0n) is 33.0. The van der Waals surface area contributed by atoms with Gasteiger partial charge in [0.25, 0.3) is 17.4 Å². The van der Waals surface area contributed by atoms with Gasteiger partial charge in [0.1, 0.15) is 23.0 Å². The Hall–Kier alpha value is -5.40. The van der Waals surface area contributed by atoms with Gasteiger partial charge in [0.2, 0.25) is 0 Å². The summed E-state index contributed by atoms with van der Waals surface area (Å²) in [4.78, 5) is 73.4. The molecule has 0 N–H and O–H groups in total. The second-order valence-electron chi connectivity index (χ2n) is 16.3. The van der Waals surface area contributed by atoms with Gasteiger partial charge in [-0.3, -0.25) is 33.9 Å². The normalized spacial score (nSPS) is 20.5. The van der Waals surface area contributed by atoms with Gasteiger partial charge in [-0.2, -0.15) is 0 Å². The number of hydrogen-bond donors (Lipinski definition) is 0. The molecular weight excluding hydrogens is 727 g/mol. The maximum Gasteiger partial charge on any atom is 0.262 e. The van der Waals surface area contributed by atoms with Gasteiger partial charge in [-0.1, -0.05) is 0 Å². The minimum atomic E-state index is -0.880. The van der Waals surface area contributed by atoms with E-state index in [2.05, 4.69) is 21.8 Å². The fourth-order valence-corrected chi connectivity index (χ4v) is 9.43. The fraction of sp³-hybridized carbons (Fsp3) is 0.455. The molecule has 0 bridgehead atoms. The number of likely N-dealkylation sites (tertiary alicyclic amines) is 1. The summed E-state index contributed by atoms with van der Waals surface area (Å²) in [5.74, 6) is 0.536. The summed E-state index contributed by atoms with van der Waals surface area (Å²) in [5, 5.41) is 1.39. The quantitative estimate of drug-likeness (QED) is 0.102. The van der Waals surface area contributed by atoms with Crippen LogP contribution < -0.4 is 19.8 Å². The number of carbonyl (C=O) groups is 4. The molecule has 4 aromatic rings. The zero-order valence-corrected chi connectivity index (χ0v) is 33.0. The van der Waals surface area contributed by atoms with Crippen LogP contribution in [0, 0.1) is 5.41 Å². The van der Waals surface area contributed by atoms with Gasteiger partial charge in [0.15, 0.2) is 5.78 Å². The van der Waals surface area contributed by atoms with Gasteiger partial charge >= 0.3 is 0 Å².